The van der Waals surface area contributed by atoms with Crippen LogP contribution in [-0.4, -0.2) is 29.6 Å². The number of carbonyl (C=O) groups is 1. The predicted octanol–water partition coefficient (Wildman–Crippen LogP) is 6.46. The highest BCUT2D eigenvalue weighted by Crippen LogP contribution is 2.36. The van der Waals surface area contributed by atoms with Gasteiger partial charge in [-0.2, -0.15) is 0 Å². The lowest BCUT2D eigenvalue weighted by Crippen LogP contribution is -2.23. The number of rotatable bonds is 8. The zero-order chi connectivity index (χ0) is 23.9. The van der Waals surface area contributed by atoms with Crippen molar-refractivity contribution in [3.63, 3.8) is 0 Å². The number of para-hydroxylation sites is 1. The zero-order valence-corrected chi connectivity index (χ0v) is 20.5. The van der Waals surface area contributed by atoms with Crippen LogP contribution in [0.25, 0.3) is 6.08 Å². The Kier molecular flexibility index (Phi) is 7.70. The number of thioether (sulfide) groups is 1. The van der Waals surface area contributed by atoms with Gasteiger partial charge < -0.3 is 9.47 Å². The number of hydrogen-bond acceptors (Lipinski definition) is 5. The molecule has 0 radical (unpaired) electrons. The summed E-state index contributed by atoms with van der Waals surface area (Å²) in [6.07, 6.45) is 2.76. The molecule has 4 rings (SSSR count). The van der Waals surface area contributed by atoms with Crippen molar-refractivity contribution in [2.24, 2.45) is 4.99 Å². The summed E-state index contributed by atoms with van der Waals surface area (Å²) < 4.78 is 11.8. The molecule has 0 aliphatic carbocycles. The molecular formula is C28H28N2O3S. The molecule has 0 unspecified atom stereocenters. The van der Waals surface area contributed by atoms with Gasteiger partial charge in [0.25, 0.3) is 5.91 Å². The topological polar surface area (TPSA) is 51.1 Å². The van der Waals surface area contributed by atoms with Crippen LogP contribution in [0.15, 0.2) is 82.7 Å². The van der Waals surface area contributed by atoms with Gasteiger partial charge in [0.15, 0.2) is 16.7 Å². The smallest absolute Gasteiger partial charge is 0.266 e. The summed E-state index contributed by atoms with van der Waals surface area (Å²) in [4.78, 5) is 19.9. The third kappa shape index (κ3) is 5.51. The van der Waals surface area contributed by atoms with Gasteiger partial charge in [0.1, 0.15) is 6.61 Å². The minimum Gasteiger partial charge on any atom is -0.490 e. The molecule has 1 heterocycles. The van der Waals surface area contributed by atoms with E-state index in [1.807, 2.05) is 79.7 Å². The van der Waals surface area contributed by atoms with Gasteiger partial charge in [0.2, 0.25) is 0 Å². The van der Waals surface area contributed by atoms with Gasteiger partial charge >= 0.3 is 0 Å². The monoisotopic (exact) mass is 472 g/mol. The molecule has 3 aromatic rings. The standard InChI is InChI=1S/C28H28N2O3S/c1-4-22-13-9-10-14-23(22)29-28-30(3)27(31)26(34-28)18-21-15-16-24(25(17-21)32-5-2)33-19-20-11-7-6-8-12-20/h6-18H,4-5,19H2,1-3H3/b26-18+,29-28?. The average Bonchev–Trinajstić information content (AvgIpc) is 3.12. The highest BCUT2D eigenvalue weighted by Gasteiger charge is 2.30. The first-order chi connectivity index (χ1) is 16.6. The van der Waals surface area contributed by atoms with Crippen LogP contribution in [-0.2, 0) is 17.8 Å². The van der Waals surface area contributed by atoms with Crippen LogP contribution in [0.1, 0.15) is 30.5 Å². The highest BCUT2D eigenvalue weighted by atomic mass is 32.2. The highest BCUT2D eigenvalue weighted by molar-refractivity contribution is 8.18. The second kappa shape index (κ2) is 11.1. The van der Waals surface area contributed by atoms with Gasteiger partial charge in [-0.25, -0.2) is 4.99 Å². The van der Waals surface area contributed by atoms with E-state index >= 15 is 0 Å². The van der Waals surface area contributed by atoms with Crippen LogP contribution in [0.3, 0.4) is 0 Å². The van der Waals surface area contributed by atoms with Crippen molar-refractivity contribution in [3.05, 3.63) is 94.4 Å². The van der Waals surface area contributed by atoms with Crippen molar-refractivity contribution in [3.8, 4) is 11.5 Å². The lowest BCUT2D eigenvalue weighted by atomic mass is 10.1. The molecule has 0 atom stereocenters. The third-order valence-corrected chi connectivity index (χ3v) is 6.45. The van der Waals surface area contributed by atoms with Gasteiger partial charge in [-0.3, -0.25) is 9.69 Å². The number of benzene rings is 3. The minimum atomic E-state index is -0.0694. The number of likely N-dealkylation sites (N-methyl/N-ethyl adjacent to an activating group) is 1. The van der Waals surface area contributed by atoms with Crippen molar-refractivity contribution in [2.45, 2.75) is 26.9 Å². The van der Waals surface area contributed by atoms with E-state index in [0.717, 1.165) is 28.8 Å². The molecular weight excluding hydrogens is 444 g/mol. The zero-order valence-electron chi connectivity index (χ0n) is 19.7. The number of hydrogen-bond donors (Lipinski definition) is 0. The number of aliphatic imine (C=N–C) groups is 1. The molecule has 5 nitrogen and oxygen atoms in total. The second-order valence-electron chi connectivity index (χ2n) is 7.76. The maximum Gasteiger partial charge on any atom is 0.266 e. The number of carbonyl (C=O) groups excluding carboxylic acids is 1. The largest absolute Gasteiger partial charge is 0.490 e. The first-order valence-electron chi connectivity index (χ1n) is 11.4. The molecule has 0 saturated carbocycles. The van der Waals surface area contributed by atoms with Crippen molar-refractivity contribution in [1.82, 2.24) is 4.90 Å². The number of nitrogens with zero attached hydrogens (tertiary/aromatic N) is 2. The Morgan fingerprint density at radius 1 is 0.941 bits per heavy atom. The molecule has 1 saturated heterocycles. The Labute approximate surface area is 205 Å². The quantitative estimate of drug-likeness (QED) is 0.353. The van der Waals surface area contributed by atoms with Gasteiger partial charge in [-0.1, -0.05) is 61.5 Å². The maximum absolute atomic E-state index is 12.9. The third-order valence-electron chi connectivity index (χ3n) is 5.39. The maximum atomic E-state index is 12.9. The fourth-order valence-electron chi connectivity index (χ4n) is 3.56. The van der Waals surface area contributed by atoms with Crippen LogP contribution in [0, 0.1) is 0 Å². The van der Waals surface area contributed by atoms with Crippen LogP contribution in [0.2, 0.25) is 0 Å². The summed E-state index contributed by atoms with van der Waals surface area (Å²) in [5.41, 5.74) is 4.01. The summed E-state index contributed by atoms with van der Waals surface area (Å²) in [6.45, 7) is 5.02. The van der Waals surface area contributed by atoms with Gasteiger partial charge in [-0.05, 0) is 66.1 Å². The fourth-order valence-corrected chi connectivity index (χ4v) is 4.54. The fraction of sp³-hybridized carbons (Fsp3) is 0.214. The second-order valence-corrected chi connectivity index (χ2v) is 8.77. The predicted molar refractivity (Wildman–Crippen MR) is 140 cm³/mol. The van der Waals surface area contributed by atoms with Gasteiger partial charge in [0, 0.05) is 7.05 Å². The molecule has 3 aromatic carbocycles. The molecule has 34 heavy (non-hydrogen) atoms. The van der Waals surface area contributed by atoms with Gasteiger partial charge in [0.05, 0.1) is 17.2 Å². The molecule has 174 valence electrons. The van der Waals surface area contributed by atoms with Crippen LogP contribution in [0.4, 0.5) is 5.69 Å². The van der Waals surface area contributed by atoms with Crippen LogP contribution >= 0.6 is 11.8 Å². The van der Waals surface area contributed by atoms with E-state index in [4.69, 9.17) is 14.5 Å². The first kappa shape index (κ1) is 23.6. The van der Waals surface area contributed by atoms with Crippen LogP contribution < -0.4 is 9.47 Å². The summed E-state index contributed by atoms with van der Waals surface area (Å²) in [5, 5.41) is 0.671. The molecule has 6 heteroatoms. The number of amidine groups is 1. The van der Waals surface area contributed by atoms with E-state index in [2.05, 4.69) is 13.0 Å². The Bertz CT molecular complexity index is 1220. The Balaban J connectivity index is 1.56. The molecule has 1 amide bonds. The molecule has 0 spiro atoms. The van der Waals surface area contributed by atoms with E-state index in [1.165, 1.54) is 11.8 Å². The number of aryl methyl sites for hydroxylation is 1. The SMILES string of the molecule is CCOc1cc(/C=C2/SC(=Nc3ccccc3CC)N(C)C2=O)ccc1OCc1ccccc1. The molecule has 0 bridgehead atoms. The summed E-state index contributed by atoms with van der Waals surface area (Å²) in [6, 6.07) is 23.8. The molecule has 0 N–H and O–H groups in total. The average molecular weight is 473 g/mol. The summed E-state index contributed by atoms with van der Waals surface area (Å²) >= 11 is 1.38. The molecule has 1 aliphatic heterocycles. The number of amides is 1. The van der Waals surface area contributed by atoms with E-state index in [-0.39, 0.29) is 5.91 Å². The van der Waals surface area contributed by atoms with Crippen molar-refractivity contribution >= 4 is 34.6 Å². The van der Waals surface area contributed by atoms with E-state index in [9.17, 15) is 4.79 Å². The van der Waals surface area contributed by atoms with Crippen molar-refractivity contribution < 1.29 is 14.3 Å². The normalized spacial score (nSPS) is 15.9. The summed E-state index contributed by atoms with van der Waals surface area (Å²) in [5.74, 6) is 1.26. The first-order valence-corrected chi connectivity index (χ1v) is 12.2. The van der Waals surface area contributed by atoms with E-state index in [0.29, 0.717) is 34.8 Å². The lowest BCUT2D eigenvalue weighted by molar-refractivity contribution is -0.121. The van der Waals surface area contributed by atoms with E-state index < -0.39 is 0 Å². The molecule has 1 fully saturated rings. The van der Waals surface area contributed by atoms with Crippen molar-refractivity contribution in [2.75, 3.05) is 13.7 Å². The molecule has 1 aliphatic rings. The lowest BCUT2D eigenvalue weighted by Gasteiger charge is -2.13. The Morgan fingerprint density at radius 3 is 2.47 bits per heavy atom. The van der Waals surface area contributed by atoms with Crippen molar-refractivity contribution in [1.29, 1.82) is 0 Å². The Morgan fingerprint density at radius 2 is 1.71 bits per heavy atom. The van der Waals surface area contributed by atoms with Crippen LogP contribution in [0.5, 0.6) is 11.5 Å². The summed E-state index contributed by atoms with van der Waals surface area (Å²) in [7, 11) is 1.76. The minimum absolute atomic E-state index is 0.0694. The number of ether oxygens (including phenoxy) is 2. The van der Waals surface area contributed by atoms with E-state index in [1.54, 1.807) is 11.9 Å². The molecule has 0 aromatic heterocycles. The Hall–Kier alpha value is -3.51. The van der Waals surface area contributed by atoms with Gasteiger partial charge in [-0.15, -0.1) is 0 Å².